The number of fused-ring (bicyclic) bond motifs is 1. The highest BCUT2D eigenvalue weighted by atomic mass is 16.5. The number of carbonyl (C=O) groups excluding carboxylic acids is 3. The summed E-state index contributed by atoms with van der Waals surface area (Å²) in [4.78, 5) is 45.0. The quantitative estimate of drug-likeness (QED) is 0.350. The van der Waals surface area contributed by atoms with Crippen LogP contribution in [0, 0.1) is 12.8 Å². The van der Waals surface area contributed by atoms with Crippen LogP contribution in [-0.4, -0.2) is 71.1 Å². The fourth-order valence-corrected chi connectivity index (χ4v) is 4.56. The van der Waals surface area contributed by atoms with E-state index in [1.807, 2.05) is 37.3 Å². The van der Waals surface area contributed by atoms with Crippen molar-refractivity contribution in [2.24, 2.45) is 5.92 Å². The molecule has 37 heavy (non-hydrogen) atoms. The number of piperidine rings is 1. The Morgan fingerprint density at radius 2 is 1.86 bits per heavy atom. The van der Waals surface area contributed by atoms with Crippen molar-refractivity contribution in [2.45, 2.75) is 26.0 Å². The van der Waals surface area contributed by atoms with Gasteiger partial charge >= 0.3 is 6.03 Å². The second-order valence-electron chi connectivity index (χ2n) is 9.33. The van der Waals surface area contributed by atoms with Gasteiger partial charge in [0.15, 0.2) is 0 Å². The number of aromatic nitrogens is 1. The summed E-state index contributed by atoms with van der Waals surface area (Å²) in [6.07, 6.45) is 0.379. The minimum atomic E-state index is -0.784. The molecule has 1 aliphatic rings. The third-order valence-corrected chi connectivity index (χ3v) is 6.47. The predicted octanol–water partition coefficient (Wildman–Crippen LogP) is 2.73. The van der Waals surface area contributed by atoms with Gasteiger partial charge in [0.1, 0.15) is 12.4 Å². The largest absolute Gasteiger partial charge is 0.489 e. The number of hydrogen-bond acceptors (Lipinski definition) is 6. The first-order chi connectivity index (χ1) is 17.8. The van der Waals surface area contributed by atoms with Crippen LogP contribution in [0.1, 0.15) is 28.0 Å². The molecule has 2 aromatic carbocycles. The lowest BCUT2D eigenvalue weighted by atomic mass is 9.91. The van der Waals surface area contributed by atoms with E-state index in [9.17, 15) is 19.6 Å². The normalized spacial score (nSPS) is 17.2. The molecule has 0 saturated carbocycles. The molecule has 1 aromatic heterocycles. The average Bonchev–Trinajstić information content (AvgIpc) is 2.91. The van der Waals surface area contributed by atoms with Gasteiger partial charge in [-0.05, 0) is 49.7 Å². The molecule has 1 fully saturated rings. The second kappa shape index (κ2) is 11.3. The Kier molecular flexibility index (Phi) is 7.88. The minimum absolute atomic E-state index is 0.0876. The molecule has 0 radical (unpaired) electrons. The van der Waals surface area contributed by atoms with Crippen molar-refractivity contribution in [3.63, 3.8) is 0 Å². The summed E-state index contributed by atoms with van der Waals surface area (Å²) in [5.74, 6) is -1.17. The number of aryl methyl sites for hydroxylation is 1. The maximum Gasteiger partial charge on any atom is 0.319 e. The Hall–Kier alpha value is -4.18. The number of pyridine rings is 1. The monoisotopic (exact) mass is 505 g/mol. The maximum absolute atomic E-state index is 12.9. The Labute approximate surface area is 215 Å². The summed E-state index contributed by atoms with van der Waals surface area (Å²) >= 11 is 0. The van der Waals surface area contributed by atoms with Crippen molar-refractivity contribution in [2.75, 3.05) is 27.2 Å². The van der Waals surface area contributed by atoms with E-state index in [0.717, 1.165) is 22.2 Å². The van der Waals surface area contributed by atoms with Crippen LogP contribution in [0.2, 0.25) is 0 Å². The molecule has 2 heterocycles. The molecule has 10 nitrogen and oxygen atoms in total. The number of ether oxygens (including phenoxy) is 1. The van der Waals surface area contributed by atoms with Gasteiger partial charge in [0, 0.05) is 55.4 Å². The first-order valence-electron chi connectivity index (χ1n) is 12.1. The summed E-state index contributed by atoms with van der Waals surface area (Å²) in [6, 6.07) is 15.9. The average molecular weight is 506 g/mol. The van der Waals surface area contributed by atoms with E-state index < -0.39 is 17.9 Å². The van der Waals surface area contributed by atoms with Gasteiger partial charge in [0.2, 0.25) is 5.91 Å². The lowest BCUT2D eigenvalue weighted by Gasteiger charge is -2.38. The number of benzene rings is 2. The Morgan fingerprint density at radius 3 is 2.57 bits per heavy atom. The van der Waals surface area contributed by atoms with Crippen LogP contribution in [0.15, 0.2) is 54.6 Å². The summed E-state index contributed by atoms with van der Waals surface area (Å²) in [6.45, 7) is 2.77. The first kappa shape index (κ1) is 25.9. The number of nitrogens with one attached hydrogen (secondary N) is 2. The van der Waals surface area contributed by atoms with Crippen molar-refractivity contribution in [3.05, 3.63) is 71.4 Å². The molecule has 0 spiro atoms. The van der Waals surface area contributed by atoms with E-state index >= 15 is 0 Å². The predicted molar refractivity (Wildman–Crippen MR) is 137 cm³/mol. The van der Waals surface area contributed by atoms with Crippen LogP contribution < -0.4 is 15.5 Å². The molecule has 194 valence electrons. The molecule has 4 amide bonds. The van der Waals surface area contributed by atoms with Gasteiger partial charge in [0.05, 0.1) is 11.4 Å². The van der Waals surface area contributed by atoms with Crippen LogP contribution >= 0.6 is 0 Å². The number of hydrogen-bond donors (Lipinski definition) is 3. The molecule has 0 bridgehead atoms. The first-order valence-corrected chi connectivity index (χ1v) is 12.1. The molecule has 0 aliphatic carbocycles. The number of urea groups is 1. The number of amides is 4. The van der Waals surface area contributed by atoms with Crippen molar-refractivity contribution in [3.8, 4) is 5.75 Å². The number of para-hydroxylation sites is 1. The van der Waals surface area contributed by atoms with Crippen molar-refractivity contribution in [1.82, 2.24) is 25.6 Å². The highest BCUT2D eigenvalue weighted by Gasteiger charge is 2.37. The number of likely N-dealkylation sites (tertiary alicyclic amines) is 1. The molecule has 3 N–H and O–H groups in total. The lowest BCUT2D eigenvalue weighted by Crippen LogP contribution is -2.57. The highest BCUT2D eigenvalue weighted by Crippen LogP contribution is 2.22. The van der Waals surface area contributed by atoms with Crippen molar-refractivity contribution in [1.29, 1.82) is 0 Å². The summed E-state index contributed by atoms with van der Waals surface area (Å²) in [5.41, 5.74) is 4.92. The summed E-state index contributed by atoms with van der Waals surface area (Å²) in [7, 11) is 3.26. The SMILES string of the molecule is Cc1cc(COc2ccc(C(=O)N[C@@H]3CCN(C(=O)N(C)C)C[C@@H]3C(=O)NO)cc2)c2ccccc2n1. The number of rotatable bonds is 6. The van der Waals surface area contributed by atoms with Crippen LogP contribution in [0.3, 0.4) is 0 Å². The Balaban J connectivity index is 1.39. The van der Waals surface area contributed by atoms with Gasteiger partial charge < -0.3 is 19.9 Å². The van der Waals surface area contributed by atoms with Crippen LogP contribution in [0.5, 0.6) is 5.75 Å². The third-order valence-electron chi connectivity index (χ3n) is 6.47. The van der Waals surface area contributed by atoms with E-state index in [4.69, 9.17) is 4.74 Å². The number of carbonyl (C=O) groups is 3. The molecule has 0 unspecified atom stereocenters. The molecule has 10 heteroatoms. The van der Waals surface area contributed by atoms with Crippen molar-refractivity contribution < 1.29 is 24.3 Å². The number of nitrogens with zero attached hydrogens (tertiary/aromatic N) is 3. The molecule has 4 rings (SSSR count). The third kappa shape index (κ3) is 5.97. The van der Waals surface area contributed by atoms with E-state index in [1.165, 1.54) is 9.80 Å². The highest BCUT2D eigenvalue weighted by molar-refractivity contribution is 5.95. The van der Waals surface area contributed by atoms with E-state index in [1.54, 1.807) is 43.8 Å². The fourth-order valence-electron chi connectivity index (χ4n) is 4.56. The fraction of sp³-hybridized carbons (Fsp3) is 0.333. The summed E-state index contributed by atoms with van der Waals surface area (Å²) < 4.78 is 5.97. The van der Waals surface area contributed by atoms with Crippen molar-refractivity contribution >= 4 is 28.7 Å². The van der Waals surface area contributed by atoms with Crippen LogP contribution in [-0.2, 0) is 11.4 Å². The van der Waals surface area contributed by atoms with Gasteiger partial charge in [-0.2, -0.15) is 0 Å². The maximum atomic E-state index is 12.9. The topological polar surface area (TPSA) is 124 Å². The minimum Gasteiger partial charge on any atom is -0.489 e. The smallest absolute Gasteiger partial charge is 0.319 e. The zero-order valence-electron chi connectivity index (χ0n) is 21.1. The standard InChI is InChI=1S/C27H31N5O5/c1-17-14-19(21-6-4-5-7-23(21)28-17)16-37-20-10-8-18(9-11-20)25(33)29-24-12-13-32(27(35)31(2)3)15-22(24)26(34)30-36/h4-11,14,22,24,36H,12-13,15-16H2,1-3H3,(H,29,33)(H,30,34)/t22-,24+/m0/s1. The molecule has 2 atom stereocenters. The van der Waals surface area contributed by atoms with Gasteiger partial charge in [-0.15, -0.1) is 0 Å². The molecular weight excluding hydrogens is 474 g/mol. The van der Waals surface area contributed by atoms with Gasteiger partial charge in [-0.25, -0.2) is 10.3 Å². The Bertz CT molecular complexity index is 1290. The van der Waals surface area contributed by atoms with E-state index in [2.05, 4.69) is 10.3 Å². The molecule has 1 saturated heterocycles. The second-order valence-corrected chi connectivity index (χ2v) is 9.33. The zero-order valence-corrected chi connectivity index (χ0v) is 21.1. The molecular formula is C27H31N5O5. The zero-order chi connectivity index (χ0) is 26.5. The molecule has 3 aromatic rings. The van der Waals surface area contributed by atoms with E-state index in [-0.39, 0.29) is 18.5 Å². The summed E-state index contributed by atoms with van der Waals surface area (Å²) in [5, 5.41) is 13.1. The molecule has 1 aliphatic heterocycles. The lowest BCUT2D eigenvalue weighted by molar-refractivity contribution is -0.135. The Morgan fingerprint density at radius 1 is 1.14 bits per heavy atom. The van der Waals surface area contributed by atoms with Gasteiger partial charge in [0.25, 0.3) is 5.91 Å². The van der Waals surface area contributed by atoms with E-state index in [0.29, 0.717) is 30.9 Å². The van der Waals surface area contributed by atoms with Gasteiger partial charge in [-0.1, -0.05) is 18.2 Å². The van der Waals surface area contributed by atoms with Crippen LogP contribution in [0.25, 0.3) is 10.9 Å². The van der Waals surface area contributed by atoms with Gasteiger partial charge in [-0.3, -0.25) is 19.8 Å². The van der Waals surface area contributed by atoms with Crippen LogP contribution in [0.4, 0.5) is 4.79 Å². The number of hydroxylamine groups is 1.